The molecule has 0 atom stereocenters. The molecular weight excluding hydrogens is 384 g/mol. The zero-order chi connectivity index (χ0) is 21.8. The van der Waals surface area contributed by atoms with Crippen LogP contribution in [0.1, 0.15) is 52.0 Å². The summed E-state index contributed by atoms with van der Waals surface area (Å²) in [4.78, 5) is 33.0. The Balaban J connectivity index is 1.57. The number of unbranched alkanes of at least 4 members (excludes halogenated alkanes) is 3. The number of nitrogens with zero attached hydrogens (tertiary/aromatic N) is 2. The van der Waals surface area contributed by atoms with Gasteiger partial charge in [-0.1, -0.05) is 43.2 Å². The minimum atomic E-state index is -0.474. The van der Waals surface area contributed by atoms with Crippen LogP contribution in [0.25, 0.3) is 0 Å². The van der Waals surface area contributed by atoms with Crippen LogP contribution in [-0.2, 0) is 11.3 Å². The Morgan fingerprint density at radius 2 is 1.73 bits per heavy atom. The van der Waals surface area contributed by atoms with E-state index in [4.69, 9.17) is 9.57 Å². The molecule has 0 saturated carbocycles. The number of benzene rings is 1. The molecule has 0 saturated heterocycles. The maximum atomic E-state index is 12.1. The second kappa shape index (κ2) is 11.8. The monoisotopic (exact) mass is 416 g/mol. The lowest BCUT2D eigenvalue weighted by molar-refractivity contribution is 0.0527. The molecule has 164 valence electrons. The molecule has 1 amide bonds. The van der Waals surface area contributed by atoms with Crippen molar-refractivity contribution in [3.8, 4) is 0 Å². The maximum absolute atomic E-state index is 12.1. The van der Waals surface area contributed by atoms with E-state index in [1.54, 1.807) is 12.3 Å². The summed E-state index contributed by atoms with van der Waals surface area (Å²) in [5.41, 5.74) is 0.0513. The first-order valence-corrected chi connectivity index (χ1v) is 10.3. The summed E-state index contributed by atoms with van der Waals surface area (Å²) >= 11 is 0. The second-order valence-corrected chi connectivity index (χ2v) is 7.95. The van der Waals surface area contributed by atoms with Gasteiger partial charge in [0.1, 0.15) is 18.0 Å². The molecule has 1 aromatic heterocycles. The van der Waals surface area contributed by atoms with Crippen LogP contribution in [-0.4, -0.2) is 34.5 Å². The van der Waals surface area contributed by atoms with Crippen molar-refractivity contribution in [1.29, 1.82) is 0 Å². The van der Waals surface area contributed by atoms with Gasteiger partial charge in [-0.2, -0.15) is 4.98 Å². The van der Waals surface area contributed by atoms with Crippen molar-refractivity contribution in [3.05, 3.63) is 58.6 Å². The van der Waals surface area contributed by atoms with Gasteiger partial charge < -0.3 is 20.2 Å². The SMILES string of the molecule is CC(C)(C)OC(=O)NCCCCCCNc1ccn(OCc2ccccc2)c(=O)n1. The molecule has 2 N–H and O–H groups in total. The number of hydrogen-bond donors (Lipinski definition) is 2. The average Bonchev–Trinajstić information content (AvgIpc) is 2.69. The molecule has 8 nitrogen and oxygen atoms in total. The molecule has 2 rings (SSSR count). The van der Waals surface area contributed by atoms with Crippen LogP contribution in [0.5, 0.6) is 0 Å². The number of anilines is 1. The first-order chi connectivity index (χ1) is 14.3. The Hall–Kier alpha value is -3.03. The zero-order valence-electron chi connectivity index (χ0n) is 18.0. The Labute approximate surface area is 177 Å². The van der Waals surface area contributed by atoms with Gasteiger partial charge in [0, 0.05) is 19.2 Å². The fourth-order valence-electron chi connectivity index (χ4n) is 2.63. The van der Waals surface area contributed by atoms with Crippen LogP contribution < -0.4 is 21.2 Å². The van der Waals surface area contributed by atoms with Crippen LogP contribution in [0, 0.1) is 0 Å². The van der Waals surface area contributed by atoms with Gasteiger partial charge in [-0.25, -0.2) is 9.59 Å². The van der Waals surface area contributed by atoms with Gasteiger partial charge >= 0.3 is 11.8 Å². The molecule has 1 aromatic carbocycles. The van der Waals surface area contributed by atoms with E-state index in [-0.39, 0.29) is 6.09 Å². The third-order valence-corrected chi connectivity index (χ3v) is 4.06. The van der Waals surface area contributed by atoms with E-state index in [1.807, 2.05) is 51.1 Å². The smallest absolute Gasteiger partial charge is 0.407 e. The highest BCUT2D eigenvalue weighted by molar-refractivity contribution is 5.67. The minimum Gasteiger partial charge on any atom is -0.444 e. The van der Waals surface area contributed by atoms with Crippen molar-refractivity contribution in [2.24, 2.45) is 0 Å². The molecule has 30 heavy (non-hydrogen) atoms. The summed E-state index contributed by atoms with van der Waals surface area (Å²) in [5.74, 6) is 0.533. The highest BCUT2D eigenvalue weighted by Crippen LogP contribution is 2.07. The molecule has 0 aliphatic rings. The van der Waals surface area contributed by atoms with E-state index in [2.05, 4.69) is 15.6 Å². The van der Waals surface area contributed by atoms with E-state index in [9.17, 15) is 9.59 Å². The van der Waals surface area contributed by atoms with E-state index in [0.29, 0.717) is 19.0 Å². The van der Waals surface area contributed by atoms with Gasteiger partial charge in [-0.3, -0.25) is 0 Å². The van der Waals surface area contributed by atoms with Gasteiger partial charge in [0.2, 0.25) is 0 Å². The number of rotatable bonds is 11. The fourth-order valence-corrected chi connectivity index (χ4v) is 2.63. The first kappa shape index (κ1) is 23.3. The van der Waals surface area contributed by atoms with Crippen LogP contribution in [0.3, 0.4) is 0 Å². The zero-order valence-corrected chi connectivity index (χ0v) is 18.0. The topological polar surface area (TPSA) is 94.5 Å². The van der Waals surface area contributed by atoms with Gasteiger partial charge in [0.15, 0.2) is 0 Å². The average molecular weight is 417 g/mol. The molecule has 2 aromatic rings. The van der Waals surface area contributed by atoms with Crippen LogP contribution in [0.4, 0.5) is 10.6 Å². The summed E-state index contributed by atoms with van der Waals surface area (Å²) < 4.78 is 6.32. The number of hydrogen-bond acceptors (Lipinski definition) is 6. The molecule has 1 heterocycles. The van der Waals surface area contributed by atoms with Gasteiger partial charge in [-0.05, 0) is 39.2 Å². The van der Waals surface area contributed by atoms with Crippen LogP contribution in [0.2, 0.25) is 0 Å². The van der Waals surface area contributed by atoms with Gasteiger partial charge in [0.05, 0.1) is 6.20 Å². The van der Waals surface area contributed by atoms with Gasteiger partial charge in [0.25, 0.3) is 0 Å². The quantitative estimate of drug-likeness (QED) is 0.546. The minimum absolute atomic E-state index is 0.304. The second-order valence-electron chi connectivity index (χ2n) is 7.95. The standard InChI is InChI=1S/C22H32N4O4/c1-22(2,3)30-21(28)24-15-10-5-4-9-14-23-19-13-16-26(20(27)25-19)29-17-18-11-7-6-8-12-18/h6-8,11-13,16H,4-5,9-10,14-15,17H2,1-3H3,(H,24,28)(H,23,25,27). The summed E-state index contributed by atoms with van der Waals surface area (Å²) in [6.07, 6.45) is 5.05. The predicted molar refractivity (Wildman–Crippen MR) is 116 cm³/mol. The number of ether oxygens (including phenoxy) is 1. The number of aromatic nitrogens is 2. The number of alkyl carbamates (subject to hydrolysis) is 1. The normalized spacial score (nSPS) is 11.0. The van der Waals surface area contributed by atoms with Crippen molar-refractivity contribution in [3.63, 3.8) is 0 Å². The fraction of sp³-hybridized carbons (Fsp3) is 0.500. The van der Waals surface area contributed by atoms with Crippen molar-refractivity contribution >= 4 is 11.9 Å². The summed E-state index contributed by atoms with van der Waals surface area (Å²) in [6.45, 7) is 7.15. The van der Waals surface area contributed by atoms with E-state index in [0.717, 1.165) is 42.5 Å². The predicted octanol–water partition coefficient (Wildman–Crippen LogP) is 3.37. The largest absolute Gasteiger partial charge is 0.444 e. The molecule has 0 aliphatic carbocycles. The molecule has 0 fully saturated rings. The number of carbonyl (C=O) groups excluding carboxylic acids is 1. The molecule has 0 spiro atoms. The van der Waals surface area contributed by atoms with Crippen molar-refractivity contribution in [2.75, 3.05) is 18.4 Å². The molecule has 0 unspecified atom stereocenters. The summed E-state index contributed by atoms with van der Waals surface area (Å²) in [5, 5.41) is 5.90. The molecule has 0 radical (unpaired) electrons. The highest BCUT2D eigenvalue weighted by atomic mass is 16.7. The van der Waals surface area contributed by atoms with E-state index in [1.165, 1.54) is 0 Å². The number of nitrogens with one attached hydrogen (secondary N) is 2. The summed E-state index contributed by atoms with van der Waals surface area (Å²) in [6, 6.07) is 11.4. The van der Waals surface area contributed by atoms with Crippen molar-refractivity contribution in [2.45, 2.75) is 58.7 Å². The molecule has 8 heteroatoms. The van der Waals surface area contributed by atoms with Crippen LogP contribution >= 0.6 is 0 Å². The van der Waals surface area contributed by atoms with Crippen molar-refractivity contribution < 1.29 is 14.4 Å². The maximum Gasteiger partial charge on any atom is 0.407 e. The number of carbonyl (C=O) groups is 1. The van der Waals surface area contributed by atoms with E-state index >= 15 is 0 Å². The lowest BCUT2D eigenvalue weighted by atomic mass is 10.2. The number of amides is 1. The Morgan fingerprint density at radius 3 is 2.40 bits per heavy atom. The highest BCUT2D eigenvalue weighted by Gasteiger charge is 2.15. The third kappa shape index (κ3) is 9.45. The van der Waals surface area contributed by atoms with E-state index < -0.39 is 11.3 Å². The van der Waals surface area contributed by atoms with Crippen LogP contribution in [0.15, 0.2) is 47.4 Å². The summed E-state index contributed by atoms with van der Waals surface area (Å²) in [7, 11) is 0. The Morgan fingerprint density at radius 1 is 1.03 bits per heavy atom. The first-order valence-electron chi connectivity index (χ1n) is 10.3. The lowest BCUT2D eigenvalue weighted by Gasteiger charge is -2.19. The Kier molecular flexibility index (Phi) is 9.18. The lowest BCUT2D eigenvalue weighted by Crippen LogP contribution is -2.32. The molecule has 0 aliphatic heterocycles. The molecular formula is C22H32N4O4. The van der Waals surface area contributed by atoms with Crippen molar-refractivity contribution in [1.82, 2.24) is 15.0 Å². The third-order valence-electron chi connectivity index (χ3n) is 4.06. The van der Waals surface area contributed by atoms with Gasteiger partial charge in [-0.15, -0.1) is 4.73 Å². The Bertz CT molecular complexity index is 831. The molecule has 0 bridgehead atoms.